The quantitative estimate of drug-likeness (QED) is 0.163. The fraction of sp³-hybridized carbons (Fsp3) is 0.129. The molecule has 0 unspecified atom stereocenters. The molecule has 0 aliphatic carbocycles. The lowest BCUT2D eigenvalue weighted by molar-refractivity contribution is 0.0956. The molecule has 0 aliphatic heterocycles. The molecule has 37 heavy (non-hydrogen) atoms. The molecule has 1 amide bonds. The molecule has 0 saturated carbocycles. The summed E-state index contributed by atoms with van der Waals surface area (Å²) >= 11 is 0. The third-order valence-corrected chi connectivity index (χ3v) is 6.55. The molecule has 6 heteroatoms. The zero-order valence-electron chi connectivity index (χ0n) is 21.2. The second-order valence-electron chi connectivity index (χ2n) is 8.92. The number of aryl methyl sites for hydroxylation is 1. The molecule has 3 aromatic carbocycles. The molecular weight excluding hydrogens is 460 g/mol. The van der Waals surface area contributed by atoms with Gasteiger partial charge in [0.1, 0.15) is 5.75 Å². The van der Waals surface area contributed by atoms with E-state index in [1.54, 1.807) is 19.4 Å². The first-order chi connectivity index (χ1) is 18.0. The summed E-state index contributed by atoms with van der Waals surface area (Å²) in [5, 5.41) is 6.22. The fourth-order valence-corrected chi connectivity index (χ4v) is 4.64. The number of pyridine rings is 1. The van der Waals surface area contributed by atoms with Crippen LogP contribution < -0.4 is 10.2 Å². The highest BCUT2D eigenvalue weighted by Crippen LogP contribution is 2.27. The lowest BCUT2D eigenvalue weighted by atomic mass is 10.0. The number of ether oxygens (including phenoxy) is 1. The van der Waals surface area contributed by atoms with Gasteiger partial charge in [-0.15, -0.1) is 6.58 Å². The van der Waals surface area contributed by atoms with E-state index in [1.807, 2.05) is 54.6 Å². The molecule has 1 N–H and O–H groups in total. The van der Waals surface area contributed by atoms with Crippen LogP contribution in [0.2, 0.25) is 0 Å². The van der Waals surface area contributed by atoms with Gasteiger partial charge in [-0.25, -0.2) is 10.4 Å². The topological polar surface area (TPSA) is 68.5 Å². The van der Waals surface area contributed by atoms with E-state index in [-0.39, 0.29) is 5.91 Å². The number of nitrogens with zero attached hydrogens (tertiary/aromatic N) is 3. The molecule has 0 fully saturated rings. The average molecular weight is 489 g/mol. The van der Waals surface area contributed by atoms with Crippen molar-refractivity contribution in [1.29, 1.82) is 0 Å². The van der Waals surface area contributed by atoms with Gasteiger partial charge in [-0.1, -0.05) is 35.9 Å². The molecule has 0 radical (unpaired) electrons. The maximum absolute atomic E-state index is 13.4. The first-order valence-electron chi connectivity index (χ1n) is 12.1. The van der Waals surface area contributed by atoms with Crippen molar-refractivity contribution in [2.24, 2.45) is 5.10 Å². The predicted molar refractivity (Wildman–Crippen MR) is 150 cm³/mol. The number of amides is 1. The Balaban J connectivity index is 1.50. The molecule has 2 heterocycles. The van der Waals surface area contributed by atoms with Gasteiger partial charge in [-0.3, -0.25) is 4.79 Å². The van der Waals surface area contributed by atoms with Gasteiger partial charge in [-0.2, -0.15) is 5.10 Å². The van der Waals surface area contributed by atoms with Crippen LogP contribution in [-0.4, -0.2) is 28.8 Å². The Bertz CT molecular complexity index is 1660. The number of fused-ring (bicyclic) bond motifs is 2. The van der Waals surface area contributed by atoms with Crippen molar-refractivity contribution in [1.82, 2.24) is 15.0 Å². The minimum absolute atomic E-state index is 0.298. The molecule has 0 atom stereocenters. The highest BCUT2D eigenvalue weighted by Gasteiger charge is 2.15. The van der Waals surface area contributed by atoms with E-state index in [2.05, 4.69) is 53.7 Å². The average Bonchev–Trinajstić information content (AvgIpc) is 3.18. The summed E-state index contributed by atoms with van der Waals surface area (Å²) in [6.07, 6.45) is 3.60. The maximum atomic E-state index is 13.4. The zero-order chi connectivity index (χ0) is 25.9. The number of rotatable bonds is 7. The third kappa shape index (κ3) is 4.61. The van der Waals surface area contributed by atoms with E-state index in [0.29, 0.717) is 17.8 Å². The highest BCUT2D eigenvalue weighted by atomic mass is 16.5. The smallest absolute Gasteiger partial charge is 0.272 e. The van der Waals surface area contributed by atoms with Gasteiger partial charge in [0.15, 0.2) is 0 Å². The predicted octanol–water partition coefficient (Wildman–Crippen LogP) is 6.43. The molecule has 6 nitrogen and oxygen atoms in total. The summed E-state index contributed by atoms with van der Waals surface area (Å²) in [6.45, 7) is 8.71. The summed E-state index contributed by atoms with van der Waals surface area (Å²) < 4.78 is 7.46. The SMILES string of the molecule is C=CCn1c(C)c(/C=N/NC(=O)c2cc(-c3ccc(OC)cc3)nc3ccccc23)c2cc(C)ccc21. The fourth-order valence-electron chi connectivity index (χ4n) is 4.64. The van der Waals surface area contributed by atoms with Crippen molar-refractivity contribution in [3.63, 3.8) is 0 Å². The van der Waals surface area contributed by atoms with E-state index >= 15 is 0 Å². The van der Waals surface area contributed by atoms with Crippen LogP contribution in [0.4, 0.5) is 0 Å². The Morgan fingerprint density at radius 3 is 2.59 bits per heavy atom. The van der Waals surface area contributed by atoms with Gasteiger partial charge in [-0.05, 0) is 62.4 Å². The standard InChI is InChI=1S/C31H28N4O2/c1-5-16-35-21(3)27(25-17-20(2)10-15-30(25)35)19-32-34-31(36)26-18-29(22-11-13-23(37-4)14-12-22)33-28-9-7-6-8-24(26)28/h5-15,17-19H,1,16H2,2-4H3,(H,34,36)/b32-19+. The molecule has 0 aliphatic rings. The first-order valence-corrected chi connectivity index (χ1v) is 12.1. The van der Waals surface area contributed by atoms with Crippen molar-refractivity contribution in [3.05, 3.63) is 108 Å². The number of hydrogen-bond acceptors (Lipinski definition) is 4. The van der Waals surface area contributed by atoms with Gasteiger partial charge in [0.05, 0.1) is 30.1 Å². The number of benzene rings is 3. The molecule has 5 aromatic rings. The lowest BCUT2D eigenvalue weighted by Crippen LogP contribution is -2.18. The van der Waals surface area contributed by atoms with E-state index in [0.717, 1.165) is 49.9 Å². The second-order valence-corrected chi connectivity index (χ2v) is 8.92. The number of hydrazone groups is 1. The second kappa shape index (κ2) is 10.1. The van der Waals surface area contributed by atoms with Crippen LogP contribution >= 0.6 is 0 Å². The van der Waals surface area contributed by atoms with E-state index in [1.165, 1.54) is 0 Å². The highest BCUT2D eigenvalue weighted by molar-refractivity contribution is 6.08. The minimum Gasteiger partial charge on any atom is -0.497 e. The molecular formula is C31H28N4O2. The monoisotopic (exact) mass is 488 g/mol. The third-order valence-electron chi connectivity index (χ3n) is 6.55. The number of aromatic nitrogens is 2. The van der Waals surface area contributed by atoms with Crippen LogP contribution in [0.5, 0.6) is 5.75 Å². The summed E-state index contributed by atoms with van der Waals surface area (Å²) in [6, 6.07) is 23.4. The van der Waals surface area contributed by atoms with Crippen LogP contribution in [0.15, 0.2) is 90.6 Å². The molecule has 184 valence electrons. The number of nitrogens with one attached hydrogen (secondary N) is 1. The Kier molecular flexibility index (Phi) is 6.56. The van der Waals surface area contributed by atoms with Crippen LogP contribution in [0, 0.1) is 13.8 Å². The number of methoxy groups -OCH3 is 1. The summed E-state index contributed by atoms with van der Waals surface area (Å²) in [7, 11) is 1.63. The zero-order valence-corrected chi connectivity index (χ0v) is 21.2. The van der Waals surface area contributed by atoms with Gasteiger partial charge in [0, 0.05) is 39.7 Å². The Hall–Kier alpha value is -4.71. The first kappa shape index (κ1) is 24.0. The molecule has 0 spiro atoms. The van der Waals surface area contributed by atoms with E-state index in [9.17, 15) is 4.79 Å². The van der Waals surface area contributed by atoms with Crippen molar-refractivity contribution < 1.29 is 9.53 Å². The van der Waals surface area contributed by atoms with Crippen molar-refractivity contribution in [2.45, 2.75) is 20.4 Å². The Morgan fingerprint density at radius 1 is 1.05 bits per heavy atom. The normalized spacial score (nSPS) is 11.3. The van der Waals surface area contributed by atoms with Gasteiger partial charge < -0.3 is 9.30 Å². The maximum Gasteiger partial charge on any atom is 0.272 e. The number of allylic oxidation sites excluding steroid dienone is 1. The van der Waals surface area contributed by atoms with Gasteiger partial charge in [0.25, 0.3) is 5.91 Å². The Labute approximate surface area is 215 Å². The van der Waals surface area contributed by atoms with Crippen molar-refractivity contribution in [2.75, 3.05) is 7.11 Å². The van der Waals surface area contributed by atoms with Crippen LogP contribution in [0.1, 0.15) is 27.2 Å². The molecule has 0 bridgehead atoms. The summed E-state index contributed by atoms with van der Waals surface area (Å²) in [5.74, 6) is 0.463. The van der Waals surface area contributed by atoms with Crippen LogP contribution in [-0.2, 0) is 6.54 Å². The minimum atomic E-state index is -0.298. The van der Waals surface area contributed by atoms with Crippen molar-refractivity contribution in [3.8, 4) is 17.0 Å². The summed E-state index contributed by atoms with van der Waals surface area (Å²) in [5.41, 5.74) is 9.89. The molecule has 5 rings (SSSR count). The van der Waals surface area contributed by atoms with Gasteiger partial charge >= 0.3 is 0 Å². The largest absolute Gasteiger partial charge is 0.497 e. The Morgan fingerprint density at radius 2 is 1.84 bits per heavy atom. The van der Waals surface area contributed by atoms with E-state index in [4.69, 9.17) is 9.72 Å². The van der Waals surface area contributed by atoms with Crippen LogP contribution in [0.3, 0.4) is 0 Å². The van der Waals surface area contributed by atoms with Gasteiger partial charge in [0.2, 0.25) is 0 Å². The van der Waals surface area contributed by atoms with Crippen molar-refractivity contribution >= 4 is 33.9 Å². The summed E-state index contributed by atoms with van der Waals surface area (Å²) in [4.78, 5) is 18.1. The number of para-hydroxylation sites is 1. The van der Waals surface area contributed by atoms with Crippen LogP contribution in [0.25, 0.3) is 33.1 Å². The molecule has 0 saturated heterocycles. The number of carbonyl (C=O) groups excluding carboxylic acids is 1. The van der Waals surface area contributed by atoms with E-state index < -0.39 is 0 Å². The molecule has 2 aromatic heterocycles. The number of carbonyl (C=O) groups is 1. The number of hydrogen-bond donors (Lipinski definition) is 1. The lowest BCUT2D eigenvalue weighted by Gasteiger charge is -2.09.